The molecule has 1 atom stereocenters. The molecule has 0 N–H and O–H groups in total. The largest absolute Gasteiger partial charge is 0.154 e. The molecule has 16 heavy (non-hydrogen) atoms. The second kappa shape index (κ2) is 4.92. The van der Waals surface area contributed by atoms with Crippen molar-refractivity contribution in [3.05, 3.63) is 0 Å². The summed E-state index contributed by atoms with van der Waals surface area (Å²) < 4.78 is 0.528. The highest BCUT2D eigenvalue weighted by Crippen LogP contribution is 2.59. The smallest absolute Gasteiger partial charge is 0.0211 e. The molecule has 1 rings (SSSR count). The van der Waals surface area contributed by atoms with Gasteiger partial charge in [-0.3, -0.25) is 0 Å². The number of hydrogen-bond acceptors (Lipinski definition) is 1. The molecule has 0 nitrogen and oxygen atoms in total. The molecular formula is C15H30S. The average molecular weight is 242 g/mol. The van der Waals surface area contributed by atoms with Crippen molar-refractivity contribution in [2.24, 2.45) is 23.2 Å². The van der Waals surface area contributed by atoms with E-state index in [2.05, 4.69) is 60.2 Å². The van der Waals surface area contributed by atoms with E-state index in [-0.39, 0.29) is 0 Å². The predicted octanol–water partition coefficient (Wildman–Crippen LogP) is 5.23. The van der Waals surface area contributed by atoms with E-state index in [1.54, 1.807) is 0 Å². The molecule has 0 aliphatic carbocycles. The molecule has 1 saturated heterocycles. The Morgan fingerprint density at radius 3 is 1.62 bits per heavy atom. The van der Waals surface area contributed by atoms with E-state index in [1.165, 1.54) is 18.6 Å². The van der Waals surface area contributed by atoms with Gasteiger partial charge < -0.3 is 0 Å². The van der Waals surface area contributed by atoms with E-state index < -0.39 is 0 Å². The lowest BCUT2D eigenvalue weighted by atomic mass is 9.66. The minimum atomic E-state index is 0.528. The van der Waals surface area contributed by atoms with Crippen LogP contribution in [0.2, 0.25) is 0 Å². The van der Waals surface area contributed by atoms with E-state index in [9.17, 15) is 0 Å². The normalized spacial score (nSPS) is 29.6. The fourth-order valence-corrected chi connectivity index (χ4v) is 5.60. The molecule has 1 fully saturated rings. The first-order chi connectivity index (χ1) is 7.31. The maximum absolute atomic E-state index is 2.42. The van der Waals surface area contributed by atoms with Gasteiger partial charge in [0, 0.05) is 4.75 Å². The molecule has 0 amide bonds. The zero-order valence-corrected chi connectivity index (χ0v) is 13.1. The molecule has 0 spiro atoms. The van der Waals surface area contributed by atoms with Gasteiger partial charge in [0.1, 0.15) is 0 Å². The zero-order chi connectivity index (χ0) is 12.6. The van der Waals surface area contributed by atoms with Crippen LogP contribution >= 0.6 is 11.8 Å². The number of hydrogen-bond donors (Lipinski definition) is 0. The molecule has 1 aliphatic heterocycles. The van der Waals surface area contributed by atoms with Gasteiger partial charge in [-0.25, -0.2) is 0 Å². The molecule has 1 aliphatic rings. The van der Waals surface area contributed by atoms with Crippen molar-refractivity contribution in [2.75, 3.05) is 5.75 Å². The van der Waals surface area contributed by atoms with Crippen LogP contribution in [0.1, 0.15) is 61.3 Å². The van der Waals surface area contributed by atoms with Crippen LogP contribution in [-0.2, 0) is 0 Å². The van der Waals surface area contributed by atoms with Gasteiger partial charge in [-0.05, 0) is 41.8 Å². The van der Waals surface area contributed by atoms with E-state index in [0.717, 1.165) is 17.8 Å². The Bertz CT molecular complexity index is 222. The topological polar surface area (TPSA) is 0 Å². The lowest BCUT2D eigenvalue weighted by molar-refractivity contribution is 0.156. The van der Waals surface area contributed by atoms with Gasteiger partial charge in [-0.2, -0.15) is 11.8 Å². The number of rotatable bonds is 4. The first-order valence-corrected chi connectivity index (χ1v) is 7.93. The molecule has 0 bridgehead atoms. The van der Waals surface area contributed by atoms with Crippen molar-refractivity contribution in [1.29, 1.82) is 0 Å². The van der Waals surface area contributed by atoms with Crippen molar-refractivity contribution < 1.29 is 0 Å². The molecule has 0 radical (unpaired) electrons. The fourth-order valence-electron chi connectivity index (χ4n) is 3.34. The quantitative estimate of drug-likeness (QED) is 0.651. The summed E-state index contributed by atoms with van der Waals surface area (Å²) in [5.41, 5.74) is 0.596. The summed E-state index contributed by atoms with van der Waals surface area (Å²) in [5.74, 6) is 3.79. The van der Waals surface area contributed by atoms with Gasteiger partial charge in [0.2, 0.25) is 0 Å². The zero-order valence-electron chi connectivity index (χ0n) is 12.3. The summed E-state index contributed by atoms with van der Waals surface area (Å²) in [6.45, 7) is 16.9. The van der Waals surface area contributed by atoms with Crippen molar-refractivity contribution in [3.8, 4) is 0 Å². The molecule has 96 valence electrons. The van der Waals surface area contributed by atoms with Gasteiger partial charge in [0.15, 0.2) is 0 Å². The molecule has 0 aromatic carbocycles. The third-order valence-corrected chi connectivity index (χ3v) is 7.48. The predicted molar refractivity (Wildman–Crippen MR) is 77.0 cm³/mol. The Balaban J connectivity index is 2.97. The Kier molecular flexibility index (Phi) is 4.43. The van der Waals surface area contributed by atoms with Crippen LogP contribution in [0.3, 0.4) is 0 Å². The minimum Gasteiger partial charge on any atom is -0.154 e. The van der Waals surface area contributed by atoms with E-state index in [1.807, 2.05) is 0 Å². The van der Waals surface area contributed by atoms with Gasteiger partial charge in [-0.1, -0.05) is 48.5 Å². The van der Waals surface area contributed by atoms with Gasteiger partial charge in [0.25, 0.3) is 0 Å². The Labute approximate surface area is 107 Å². The lowest BCUT2D eigenvalue weighted by Gasteiger charge is -2.40. The van der Waals surface area contributed by atoms with Gasteiger partial charge in [0.05, 0.1) is 0 Å². The summed E-state index contributed by atoms with van der Waals surface area (Å²) in [7, 11) is 0. The Hall–Kier alpha value is 0.350. The third-order valence-electron chi connectivity index (χ3n) is 5.14. The standard InChI is InChI=1S/C15H30S/c1-8-14(11(2)3)9-15(12(4)5,13(6)7)16-10-14/h11-13H,8-10H2,1-7H3. The molecule has 1 heteroatoms. The van der Waals surface area contributed by atoms with Crippen LogP contribution in [0, 0.1) is 23.2 Å². The van der Waals surface area contributed by atoms with Crippen LogP contribution in [0.4, 0.5) is 0 Å². The van der Waals surface area contributed by atoms with E-state index >= 15 is 0 Å². The lowest BCUT2D eigenvalue weighted by Crippen LogP contribution is -2.38. The van der Waals surface area contributed by atoms with Crippen LogP contribution in [-0.4, -0.2) is 10.5 Å². The molecule has 0 aromatic heterocycles. The van der Waals surface area contributed by atoms with Crippen LogP contribution < -0.4 is 0 Å². The second-order valence-electron chi connectivity index (χ2n) is 6.60. The summed E-state index contributed by atoms with van der Waals surface area (Å²) in [6.07, 6.45) is 2.77. The van der Waals surface area contributed by atoms with Crippen LogP contribution in [0.5, 0.6) is 0 Å². The van der Waals surface area contributed by atoms with Crippen molar-refractivity contribution >= 4 is 11.8 Å². The highest BCUT2D eigenvalue weighted by atomic mass is 32.2. The molecule has 1 unspecified atom stereocenters. The molecule has 1 heterocycles. The SMILES string of the molecule is CCC1(C(C)C)CSC(C(C)C)(C(C)C)C1. The first-order valence-electron chi connectivity index (χ1n) is 6.94. The van der Waals surface area contributed by atoms with Crippen molar-refractivity contribution in [3.63, 3.8) is 0 Å². The Morgan fingerprint density at radius 2 is 1.44 bits per heavy atom. The van der Waals surface area contributed by atoms with Crippen molar-refractivity contribution in [1.82, 2.24) is 0 Å². The highest BCUT2D eigenvalue weighted by Gasteiger charge is 2.52. The van der Waals surface area contributed by atoms with Crippen LogP contribution in [0.25, 0.3) is 0 Å². The first kappa shape index (κ1) is 14.4. The average Bonchev–Trinajstić information content (AvgIpc) is 2.59. The number of thioether (sulfide) groups is 1. The van der Waals surface area contributed by atoms with Crippen LogP contribution in [0.15, 0.2) is 0 Å². The van der Waals surface area contributed by atoms with Gasteiger partial charge >= 0.3 is 0 Å². The maximum atomic E-state index is 2.42. The minimum absolute atomic E-state index is 0.528. The summed E-state index contributed by atoms with van der Waals surface area (Å²) in [5, 5.41) is 0. The van der Waals surface area contributed by atoms with Gasteiger partial charge in [-0.15, -0.1) is 0 Å². The maximum Gasteiger partial charge on any atom is 0.0211 e. The monoisotopic (exact) mass is 242 g/mol. The van der Waals surface area contributed by atoms with E-state index in [0.29, 0.717) is 10.2 Å². The molecule has 0 saturated carbocycles. The summed E-state index contributed by atoms with van der Waals surface area (Å²) >= 11 is 2.27. The van der Waals surface area contributed by atoms with E-state index in [4.69, 9.17) is 0 Å². The Morgan fingerprint density at radius 1 is 0.938 bits per heavy atom. The van der Waals surface area contributed by atoms with Crippen molar-refractivity contribution in [2.45, 2.75) is 66.1 Å². The third kappa shape index (κ3) is 2.17. The second-order valence-corrected chi connectivity index (χ2v) is 7.94. The summed E-state index contributed by atoms with van der Waals surface area (Å²) in [4.78, 5) is 0. The summed E-state index contributed by atoms with van der Waals surface area (Å²) in [6, 6.07) is 0. The highest BCUT2D eigenvalue weighted by molar-refractivity contribution is 8.01. The molecular weight excluding hydrogens is 212 g/mol. The molecule has 0 aromatic rings. The fraction of sp³-hybridized carbons (Fsp3) is 1.00.